The highest BCUT2D eigenvalue weighted by Gasteiger charge is 2.09. The Morgan fingerprint density at radius 1 is 1.17 bits per heavy atom. The first-order valence-electron chi connectivity index (χ1n) is 10.7. The molecule has 0 aliphatic heterocycles. The summed E-state index contributed by atoms with van der Waals surface area (Å²) in [6, 6.07) is 17.7. The lowest BCUT2D eigenvalue weighted by atomic mass is 10.2. The summed E-state index contributed by atoms with van der Waals surface area (Å²) in [6.07, 6.45) is 1.35. The number of amides is 2. The molecule has 1 aromatic heterocycles. The van der Waals surface area contributed by atoms with Crippen LogP contribution in [-0.2, 0) is 13.2 Å². The molecule has 0 saturated carbocycles. The molecule has 0 radical (unpaired) electrons. The molecule has 0 aliphatic rings. The summed E-state index contributed by atoms with van der Waals surface area (Å²) >= 11 is 7.37. The van der Waals surface area contributed by atoms with Crippen LogP contribution in [0.4, 0.5) is 9.93 Å². The molecule has 0 bridgehead atoms. The number of halogens is 1. The molecule has 180 valence electrons. The molecule has 0 unspecified atom stereocenters. The lowest BCUT2D eigenvalue weighted by molar-refractivity contribution is 0.252. The van der Waals surface area contributed by atoms with Gasteiger partial charge in [0.1, 0.15) is 18.1 Å². The number of nitrogens with one attached hydrogen (secondary N) is 2. The Hall–Kier alpha value is -3.66. The molecule has 1 heterocycles. The predicted molar refractivity (Wildman–Crippen MR) is 141 cm³/mol. The Morgan fingerprint density at radius 2 is 2.03 bits per heavy atom. The number of rotatable bonds is 8. The summed E-state index contributed by atoms with van der Waals surface area (Å²) in [5.41, 5.74) is 5.71. The van der Waals surface area contributed by atoms with Gasteiger partial charge in [-0.15, -0.1) is 0 Å². The van der Waals surface area contributed by atoms with Crippen molar-refractivity contribution in [2.24, 2.45) is 5.10 Å². The van der Waals surface area contributed by atoms with Crippen LogP contribution < -0.4 is 15.5 Å². The van der Waals surface area contributed by atoms with E-state index in [0.717, 1.165) is 22.3 Å². The lowest BCUT2D eigenvalue weighted by Crippen LogP contribution is -2.24. The van der Waals surface area contributed by atoms with Crippen LogP contribution in [0.2, 0.25) is 5.02 Å². The molecule has 0 fully saturated rings. The minimum Gasteiger partial charge on any atom is -0.507 e. The van der Waals surface area contributed by atoms with Crippen molar-refractivity contribution >= 4 is 50.5 Å². The van der Waals surface area contributed by atoms with E-state index in [1.165, 1.54) is 29.2 Å². The molecule has 3 N–H and O–H groups in total. The number of anilines is 1. The lowest BCUT2D eigenvalue weighted by Gasteiger charge is -2.08. The molecule has 0 aliphatic carbocycles. The van der Waals surface area contributed by atoms with Crippen molar-refractivity contribution in [1.82, 2.24) is 15.3 Å². The molecule has 4 aromatic rings. The number of aromatic hydroxyl groups is 1. The first-order chi connectivity index (χ1) is 16.9. The Bertz CT molecular complexity index is 1370. The van der Waals surface area contributed by atoms with Gasteiger partial charge in [-0.1, -0.05) is 41.1 Å². The number of phenols is 1. The van der Waals surface area contributed by atoms with Gasteiger partial charge in [0.15, 0.2) is 5.13 Å². The van der Waals surface area contributed by atoms with Crippen molar-refractivity contribution in [2.45, 2.75) is 13.2 Å². The van der Waals surface area contributed by atoms with Crippen molar-refractivity contribution < 1.29 is 14.6 Å². The first-order valence-corrected chi connectivity index (χ1v) is 11.9. The number of hydrazone groups is 1. The van der Waals surface area contributed by atoms with Gasteiger partial charge < -0.3 is 14.7 Å². The van der Waals surface area contributed by atoms with Gasteiger partial charge in [0.05, 0.1) is 16.4 Å². The summed E-state index contributed by atoms with van der Waals surface area (Å²) < 4.78 is 6.68. The quantitative estimate of drug-likeness (QED) is 0.216. The van der Waals surface area contributed by atoms with Gasteiger partial charge in [-0.05, 0) is 61.6 Å². The second-order valence-corrected chi connectivity index (χ2v) is 9.49. The average Bonchev–Trinajstić information content (AvgIpc) is 3.20. The molecule has 35 heavy (non-hydrogen) atoms. The van der Waals surface area contributed by atoms with E-state index >= 15 is 0 Å². The standard InChI is InChI=1S/C25H24ClN5O3S/c1-31(2)14-16-6-9-21-23(11-16)35-25(28-21)29-24(33)30-27-13-18-7-8-20(12-22(18)32)34-15-17-4-3-5-19(26)10-17/h3-13,32H,14-15H2,1-2H3,(H2,28,29,30,33)/b27-13+. The molecular formula is C25H24ClN5O3S. The van der Waals surface area contributed by atoms with E-state index in [4.69, 9.17) is 16.3 Å². The molecule has 0 atom stereocenters. The average molecular weight is 510 g/mol. The van der Waals surface area contributed by atoms with Crippen LogP contribution in [0.5, 0.6) is 11.5 Å². The van der Waals surface area contributed by atoms with E-state index in [9.17, 15) is 9.90 Å². The highest BCUT2D eigenvalue weighted by atomic mass is 35.5. The van der Waals surface area contributed by atoms with Crippen LogP contribution in [0.1, 0.15) is 16.7 Å². The van der Waals surface area contributed by atoms with Gasteiger partial charge in [-0.2, -0.15) is 5.10 Å². The molecular weight excluding hydrogens is 486 g/mol. The number of thiazole rings is 1. The number of nitrogens with zero attached hydrogens (tertiary/aromatic N) is 3. The third-order valence-corrected chi connectivity index (χ3v) is 6.01. The second-order valence-electron chi connectivity index (χ2n) is 8.02. The van der Waals surface area contributed by atoms with Crippen LogP contribution in [0.25, 0.3) is 10.2 Å². The van der Waals surface area contributed by atoms with Crippen LogP contribution in [-0.4, -0.2) is 41.3 Å². The summed E-state index contributed by atoms with van der Waals surface area (Å²) in [6.45, 7) is 1.14. The maximum atomic E-state index is 12.2. The number of phenolic OH excluding ortho intramolecular Hbond substituents is 1. The van der Waals surface area contributed by atoms with Crippen molar-refractivity contribution in [3.63, 3.8) is 0 Å². The van der Waals surface area contributed by atoms with E-state index in [2.05, 4.69) is 31.8 Å². The number of fused-ring (bicyclic) bond motifs is 1. The number of aromatic nitrogens is 1. The summed E-state index contributed by atoms with van der Waals surface area (Å²) in [5, 5.41) is 17.9. The number of carbonyl (C=O) groups is 1. The normalized spacial score (nSPS) is 11.3. The van der Waals surface area contributed by atoms with Crippen molar-refractivity contribution in [1.29, 1.82) is 0 Å². The fraction of sp³-hybridized carbons (Fsp3) is 0.160. The molecule has 3 aromatic carbocycles. The van der Waals surface area contributed by atoms with Crippen molar-refractivity contribution in [2.75, 3.05) is 19.4 Å². The zero-order valence-electron chi connectivity index (χ0n) is 19.2. The number of carbonyl (C=O) groups excluding carboxylic acids is 1. The maximum Gasteiger partial charge on any atom is 0.341 e. The van der Waals surface area contributed by atoms with Gasteiger partial charge in [-0.3, -0.25) is 5.32 Å². The monoisotopic (exact) mass is 509 g/mol. The van der Waals surface area contributed by atoms with Gasteiger partial charge in [-0.25, -0.2) is 15.2 Å². The van der Waals surface area contributed by atoms with Gasteiger partial charge in [0.2, 0.25) is 0 Å². The SMILES string of the molecule is CN(C)Cc1ccc2nc(NC(=O)N/N=C/c3ccc(OCc4cccc(Cl)c4)cc3O)sc2c1. The smallest absolute Gasteiger partial charge is 0.341 e. The first kappa shape index (κ1) is 24.5. The minimum atomic E-state index is -0.533. The van der Waals surface area contributed by atoms with Gasteiger partial charge in [0.25, 0.3) is 0 Å². The van der Waals surface area contributed by atoms with Gasteiger partial charge in [0, 0.05) is 23.2 Å². The Labute approximate surface area is 211 Å². The Kier molecular flexibility index (Phi) is 7.81. The van der Waals surface area contributed by atoms with E-state index in [1.807, 2.05) is 44.4 Å². The fourth-order valence-electron chi connectivity index (χ4n) is 3.29. The van der Waals surface area contributed by atoms with Crippen molar-refractivity contribution in [3.8, 4) is 11.5 Å². The predicted octanol–water partition coefficient (Wildman–Crippen LogP) is 5.45. The number of ether oxygens (including phenoxy) is 1. The van der Waals surface area contributed by atoms with E-state index in [0.29, 0.717) is 28.1 Å². The number of urea groups is 1. The molecule has 0 saturated heterocycles. The van der Waals surface area contributed by atoms with Crippen LogP contribution in [0.3, 0.4) is 0 Å². The maximum absolute atomic E-state index is 12.2. The number of hydrogen-bond donors (Lipinski definition) is 3. The second kappa shape index (κ2) is 11.2. The third kappa shape index (κ3) is 6.92. The summed E-state index contributed by atoms with van der Waals surface area (Å²) in [4.78, 5) is 18.7. The fourth-order valence-corrected chi connectivity index (χ4v) is 4.42. The molecule has 0 spiro atoms. The van der Waals surface area contributed by atoms with Crippen LogP contribution in [0.15, 0.2) is 65.8 Å². The molecule has 4 rings (SSSR count). The zero-order chi connectivity index (χ0) is 24.8. The third-order valence-electron chi connectivity index (χ3n) is 4.84. The Balaban J connectivity index is 1.31. The van der Waals surface area contributed by atoms with Crippen molar-refractivity contribution in [3.05, 3.63) is 82.4 Å². The van der Waals surface area contributed by atoms with E-state index in [-0.39, 0.29) is 5.75 Å². The minimum absolute atomic E-state index is 0.0285. The largest absolute Gasteiger partial charge is 0.507 e. The topological polar surface area (TPSA) is 99.1 Å². The van der Waals surface area contributed by atoms with Crippen LogP contribution >= 0.6 is 22.9 Å². The van der Waals surface area contributed by atoms with E-state index < -0.39 is 6.03 Å². The molecule has 2 amide bonds. The summed E-state index contributed by atoms with van der Waals surface area (Å²) in [5.74, 6) is 0.467. The number of hydrogen-bond acceptors (Lipinski definition) is 7. The highest BCUT2D eigenvalue weighted by molar-refractivity contribution is 7.22. The Morgan fingerprint density at radius 3 is 2.80 bits per heavy atom. The summed E-state index contributed by atoms with van der Waals surface area (Å²) in [7, 11) is 4.03. The molecule has 10 heteroatoms. The molecule has 8 nitrogen and oxygen atoms in total. The number of benzene rings is 3. The zero-order valence-corrected chi connectivity index (χ0v) is 20.7. The van der Waals surface area contributed by atoms with Gasteiger partial charge >= 0.3 is 6.03 Å². The van der Waals surface area contributed by atoms with Crippen LogP contribution in [0, 0.1) is 0 Å². The van der Waals surface area contributed by atoms with E-state index in [1.54, 1.807) is 18.2 Å². The highest BCUT2D eigenvalue weighted by Crippen LogP contribution is 2.27.